The molecule has 1 heterocycles. The zero-order valence-electron chi connectivity index (χ0n) is 11.1. The number of ether oxygens (including phenoxy) is 3. The van der Waals surface area contributed by atoms with Crippen molar-refractivity contribution in [3.63, 3.8) is 0 Å². The second-order valence-corrected chi connectivity index (χ2v) is 4.40. The Kier molecular flexibility index (Phi) is 6.72. The zero-order valence-corrected chi connectivity index (χ0v) is 11.1. The maximum Gasteiger partial charge on any atom is 0.330 e. The maximum absolute atomic E-state index is 11.8. The molecular weight excluding hydrogens is 268 g/mol. The van der Waals surface area contributed by atoms with Gasteiger partial charge in [0.05, 0.1) is 12.5 Å². The van der Waals surface area contributed by atoms with Crippen LogP contribution in [0.2, 0.25) is 0 Å². The predicted molar refractivity (Wildman–Crippen MR) is 66.8 cm³/mol. The van der Waals surface area contributed by atoms with Gasteiger partial charge >= 0.3 is 17.9 Å². The molecule has 1 N–H and O–H groups in total. The molecule has 112 valence electrons. The fourth-order valence-corrected chi connectivity index (χ4v) is 1.47. The average molecular weight is 286 g/mol. The highest BCUT2D eigenvalue weighted by Crippen LogP contribution is 2.15. The van der Waals surface area contributed by atoms with Crippen molar-refractivity contribution in [2.24, 2.45) is 5.92 Å². The van der Waals surface area contributed by atoms with Crippen LogP contribution in [0.25, 0.3) is 0 Å². The Labute approximate surface area is 116 Å². The molecule has 0 radical (unpaired) electrons. The molecule has 2 atom stereocenters. The van der Waals surface area contributed by atoms with E-state index in [1.807, 2.05) is 0 Å². The molecule has 7 nitrogen and oxygen atoms in total. The number of esters is 2. The fourth-order valence-electron chi connectivity index (χ4n) is 1.47. The predicted octanol–water partition coefficient (Wildman–Crippen LogP) is 0.529. The summed E-state index contributed by atoms with van der Waals surface area (Å²) in [4.78, 5) is 33.3. The standard InChI is InChI=1S/C13H18O7/c1-2-12(16)19-6-9(4-3-5-11(14)15)13(17)20-8-10-7-18-10/h2,9-10H,1,3-8H2,(H,14,15). The highest BCUT2D eigenvalue weighted by Gasteiger charge is 2.27. The van der Waals surface area contributed by atoms with Crippen LogP contribution in [-0.2, 0) is 28.6 Å². The number of carboxylic acid groups (broad SMARTS) is 1. The van der Waals surface area contributed by atoms with Gasteiger partial charge in [-0.3, -0.25) is 9.59 Å². The molecular formula is C13H18O7. The Morgan fingerprint density at radius 3 is 2.65 bits per heavy atom. The third kappa shape index (κ3) is 6.89. The van der Waals surface area contributed by atoms with Gasteiger partial charge < -0.3 is 19.3 Å². The normalized spacial score (nSPS) is 17.9. The average Bonchev–Trinajstić information content (AvgIpc) is 3.23. The zero-order chi connectivity index (χ0) is 15.0. The third-order valence-electron chi connectivity index (χ3n) is 2.68. The topological polar surface area (TPSA) is 102 Å². The van der Waals surface area contributed by atoms with E-state index in [0.717, 1.165) is 6.08 Å². The van der Waals surface area contributed by atoms with Gasteiger partial charge in [0.1, 0.15) is 19.3 Å². The Bertz CT molecular complexity index is 373. The van der Waals surface area contributed by atoms with Crippen LogP contribution in [0.5, 0.6) is 0 Å². The number of epoxide rings is 1. The number of carboxylic acids is 1. The van der Waals surface area contributed by atoms with E-state index in [9.17, 15) is 14.4 Å². The van der Waals surface area contributed by atoms with Gasteiger partial charge in [-0.15, -0.1) is 0 Å². The van der Waals surface area contributed by atoms with Crippen molar-refractivity contribution in [3.05, 3.63) is 12.7 Å². The Hall–Kier alpha value is -1.89. The van der Waals surface area contributed by atoms with Crippen LogP contribution >= 0.6 is 0 Å². The molecule has 0 aliphatic carbocycles. The van der Waals surface area contributed by atoms with E-state index in [4.69, 9.17) is 19.3 Å². The first-order valence-electron chi connectivity index (χ1n) is 6.32. The molecule has 20 heavy (non-hydrogen) atoms. The lowest BCUT2D eigenvalue weighted by atomic mass is 10.0. The molecule has 1 aliphatic rings. The van der Waals surface area contributed by atoms with E-state index in [2.05, 4.69) is 6.58 Å². The smallest absolute Gasteiger partial charge is 0.330 e. The fraction of sp³-hybridized carbons (Fsp3) is 0.615. The molecule has 7 heteroatoms. The molecule has 1 aliphatic heterocycles. The molecule has 0 saturated carbocycles. The molecule has 0 aromatic heterocycles. The summed E-state index contributed by atoms with van der Waals surface area (Å²) in [5, 5.41) is 8.57. The Morgan fingerprint density at radius 2 is 2.10 bits per heavy atom. The van der Waals surface area contributed by atoms with Gasteiger partial charge in [0, 0.05) is 12.5 Å². The van der Waals surface area contributed by atoms with Crippen LogP contribution < -0.4 is 0 Å². The lowest BCUT2D eigenvalue weighted by Crippen LogP contribution is -2.25. The monoisotopic (exact) mass is 286 g/mol. The van der Waals surface area contributed by atoms with Gasteiger partial charge in [-0.1, -0.05) is 6.58 Å². The van der Waals surface area contributed by atoms with Crippen LogP contribution in [0.3, 0.4) is 0 Å². The highest BCUT2D eigenvalue weighted by molar-refractivity contribution is 5.81. The van der Waals surface area contributed by atoms with Crippen LogP contribution in [0.4, 0.5) is 0 Å². The van der Waals surface area contributed by atoms with Crippen LogP contribution in [0, 0.1) is 5.92 Å². The van der Waals surface area contributed by atoms with Crippen molar-refractivity contribution in [1.29, 1.82) is 0 Å². The summed E-state index contributed by atoms with van der Waals surface area (Å²) >= 11 is 0. The summed E-state index contributed by atoms with van der Waals surface area (Å²) in [7, 11) is 0. The summed E-state index contributed by atoms with van der Waals surface area (Å²) in [5.41, 5.74) is 0. The first kappa shape index (κ1) is 16.2. The molecule has 2 unspecified atom stereocenters. The summed E-state index contributed by atoms with van der Waals surface area (Å²) in [5.74, 6) is -2.75. The van der Waals surface area contributed by atoms with Gasteiger partial charge in [0.25, 0.3) is 0 Å². The number of rotatable bonds is 10. The molecule has 0 aromatic rings. The molecule has 0 aromatic carbocycles. The third-order valence-corrected chi connectivity index (χ3v) is 2.68. The van der Waals surface area contributed by atoms with E-state index in [-0.39, 0.29) is 32.2 Å². The van der Waals surface area contributed by atoms with Crippen LogP contribution in [0.1, 0.15) is 19.3 Å². The van der Waals surface area contributed by atoms with Crippen molar-refractivity contribution in [2.45, 2.75) is 25.4 Å². The van der Waals surface area contributed by atoms with Crippen molar-refractivity contribution in [2.75, 3.05) is 19.8 Å². The first-order chi connectivity index (χ1) is 9.52. The van der Waals surface area contributed by atoms with Gasteiger partial charge in [-0.2, -0.15) is 0 Å². The number of carbonyl (C=O) groups is 3. The summed E-state index contributed by atoms with van der Waals surface area (Å²) in [6.07, 6.45) is 1.49. The SMILES string of the molecule is C=CC(=O)OCC(CCCC(=O)O)C(=O)OCC1CO1. The second kappa shape index (κ2) is 8.31. The first-order valence-corrected chi connectivity index (χ1v) is 6.32. The second-order valence-electron chi connectivity index (χ2n) is 4.40. The van der Waals surface area contributed by atoms with Gasteiger partial charge in [-0.05, 0) is 12.8 Å². The lowest BCUT2D eigenvalue weighted by Gasteiger charge is -2.15. The largest absolute Gasteiger partial charge is 0.481 e. The number of aliphatic carboxylic acids is 1. The van der Waals surface area contributed by atoms with E-state index in [1.54, 1.807) is 0 Å². The lowest BCUT2D eigenvalue weighted by molar-refractivity contribution is -0.154. The molecule has 0 spiro atoms. The number of hydrogen-bond acceptors (Lipinski definition) is 6. The van der Waals surface area contributed by atoms with Crippen molar-refractivity contribution >= 4 is 17.9 Å². The molecule has 0 amide bonds. The Morgan fingerprint density at radius 1 is 1.40 bits per heavy atom. The van der Waals surface area contributed by atoms with E-state index in [1.165, 1.54) is 0 Å². The summed E-state index contributed by atoms with van der Waals surface area (Å²) in [6, 6.07) is 0. The van der Waals surface area contributed by atoms with E-state index >= 15 is 0 Å². The Balaban J connectivity index is 2.37. The number of carbonyl (C=O) groups excluding carboxylic acids is 2. The van der Waals surface area contributed by atoms with E-state index < -0.39 is 23.8 Å². The minimum atomic E-state index is -0.938. The number of hydrogen-bond donors (Lipinski definition) is 1. The van der Waals surface area contributed by atoms with Gasteiger partial charge in [0.2, 0.25) is 0 Å². The van der Waals surface area contributed by atoms with E-state index in [0.29, 0.717) is 13.0 Å². The van der Waals surface area contributed by atoms with Crippen molar-refractivity contribution in [3.8, 4) is 0 Å². The molecule has 1 rings (SSSR count). The quantitative estimate of drug-likeness (QED) is 0.355. The summed E-state index contributed by atoms with van der Waals surface area (Å²) < 4.78 is 14.8. The molecule has 1 fully saturated rings. The van der Waals surface area contributed by atoms with Crippen LogP contribution in [-0.4, -0.2) is 48.9 Å². The summed E-state index contributed by atoms with van der Waals surface area (Å²) in [6.45, 7) is 3.85. The maximum atomic E-state index is 11.8. The molecule has 0 bridgehead atoms. The minimum absolute atomic E-state index is 0.0469. The van der Waals surface area contributed by atoms with Crippen molar-refractivity contribution in [1.82, 2.24) is 0 Å². The molecule has 1 saturated heterocycles. The van der Waals surface area contributed by atoms with Gasteiger partial charge in [0.15, 0.2) is 0 Å². The van der Waals surface area contributed by atoms with Gasteiger partial charge in [-0.25, -0.2) is 4.79 Å². The van der Waals surface area contributed by atoms with Crippen LogP contribution in [0.15, 0.2) is 12.7 Å². The highest BCUT2D eigenvalue weighted by atomic mass is 16.6. The minimum Gasteiger partial charge on any atom is -0.481 e. The van der Waals surface area contributed by atoms with Crippen molar-refractivity contribution < 1.29 is 33.7 Å².